The maximum atomic E-state index is 12.3. The van der Waals surface area contributed by atoms with E-state index in [1.165, 1.54) is 7.11 Å². The Kier molecular flexibility index (Phi) is 4.37. The molecule has 6 nitrogen and oxygen atoms in total. The largest absolute Gasteiger partial charge is 0.497 e. The van der Waals surface area contributed by atoms with Crippen LogP contribution in [0.1, 0.15) is 11.1 Å². The number of carbonyl (C=O) groups excluding carboxylic acids is 2. The highest BCUT2D eigenvalue weighted by molar-refractivity contribution is 5.99. The number of benzene rings is 2. The smallest absolute Gasteiger partial charge is 0.228 e. The SMILES string of the molecule is COc1ccc(NC(=O)Cc2ccc3c(c2)CC(=O)N3)c(OC)c1. The quantitative estimate of drug-likeness (QED) is 0.884. The highest BCUT2D eigenvalue weighted by atomic mass is 16.5. The van der Waals surface area contributed by atoms with Crippen LogP contribution in [0, 0.1) is 0 Å². The van der Waals surface area contributed by atoms with Crippen LogP contribution in [0.3, 0.4) is 0 Å². The Morgan fingerprint density at radius 1 is 1.17 bits per heavy atom. The van der Waals surface area contributed by atoms with Gasteiger partial charge in [-0.15, -0.1) is 0 Å². The Balaban J connectivity index is 1.70. The number of rotatable bonds is 5. The summed E-state index contributed by atoms with van der Waals surface area (Å²) in [7, 11) is 3.11. The van der Waals surface area contributed by atoms with E-state index in [9.17, 15) is 9.59 Å². The van der Waals surface area contributed by atoms with E-state index in [1.807, 2.05) is 18.2 Å². The van der Waals surface area contributed by atoms with Gasteiger partial charge in [0.25, 0.3) is 0 Å². The van der Waals surface area contributed by atoms with Crippen molar-refractivity contribution in [3.63, 3.8) is 0 Å². The minimum absolute atomic E-state index is 0.0189. The molecule has 2 N–H and O–H groups in total. The van der Waals surface area contributed by atoms with Crippen molar-refractivity contribution in [2.75, 3.05) is 24.9 Å². The molecule has 0 radical (unpaired) electrons. The minimum atomic E-state index is -0.157. The van der Waals surface area contributed by atoms with Gasteiger partial charge in [-0.05, 0) is 29.3 Å². The Morgan fingerprint density at radius 3 is 2.75 bits per heavy atom. The number of methoxy groups -OCH3 is 2. The van der Waals surface area contributed by atoms with Gasteiger partial charge in [0.05, 0.1) is 32.7 Å². The Labute approximate surface area is 139 Å². The first kappa shape index (κ1) is 15.9. The van der Waals surface area contributed by atoms with Crippen molar-refractivity contribution in [3.8, 4) is 11.5 Å². The third kappa shape index (κ3) is 3.32. The standard InChI is InChI=1S/C18H18N2O4/c1-23-13-4-6-15(16(10-13)24-2)20-17(21)8-11-3-5-14-12(7-11)9-18(22)19-14/h3-7,10H,8-9H2,1-2H3,(H,19,22)(H,20,21). The van der Waals surface area contributed by atoms with E-state index >= 15 is 0 Å². The molecule has 1 aliphatic rings. The molecule has 1 aliphatic heterocycles. The summed E-state index contributed by atoms with van der Waals surface area (Å²) in [5.74, 6) is 1.01. The third-order valence-corrected chi connectivity index (χ3v) is 3.84. The van der Waals surface area contributed by atoms with Gasteiger partial charge in [0, 0.05) is 11.8 Å². The summed E-state index contributed by atoms with van der Waals surface area (Å²) in [6, 6.07) is 10.8. The number of amides is 2. The molecule has 0 aromatic heterocycles. The molecule has 0 saturated carbocycles. The monoisotopic (exact) mass is 326 g/mol. The zero-order chi connectivity index (χ0) is 17.1. The van der Waals surface area contributed by atoms with Gasteiger partial charge >= 0.3 is 0 Å². The lowest BCUT2D eigenvalue weighted by Crippen LogP contribution is -2.15. The van der Waals surface area contributed by atoms with E-state index in [0.717, 1.165) is 16.8 Å². The summed E-state index contributed by atoms with van der Waals surface area (Å²) >= 11 is 0. The molecule has 0 unspecified atom stereocenters. The molecule has 24 heavy (non-hydrogen) atoms. The molecule has 0 atom stereocenters. The molecule has 0 fully saturated rings. The average molecular weight is 326 g/mol. The molecule has 0 aliphatic carbocycles. The van der Waals surface area contributed by atoms with Crippen molar-refractivity contribution in [1.82, 2.24) is 0 Å². The number of hydrogen-bond donors (Lipinski definition) is 2. The summed E-state index contributed by atoms with van der Waals surface area (Å²) in [6.45, 7) is 0. The zero-order valence-electron chi connectivity index (χ0n) is 13.5. The molecule has 2 aromatic rings. The van der Waals surface area contributed by atoms with E-state index in [4.69, 9.17) is 9.47 Å². The number of anilines is 2. The molecule has 1 heterocycles. The van der Waals surface area contributed by atoms with Crippen molar-refractivity contribution >= 4 is 23.2 Å². The first-order valence-corrected chi connectivity index (χ1v) is 7.52. The highest BCUT2D eigenvalue weighted by Crippen LogP contribution is 2.29. The molecule has 3 rings (SSSR count). The molecular weight excluding hydrogens is 308 g/mol. The van der Waals surface area contributed by atoms with Crippen LogP contribution in [0.15, 0.2) is 36.4 Å². The lowest BCUT2D eigenvalue weighted by Gasteiger charge is -2.12. The molecule has 6 heteroatoms. The fourth-order valence-electron chi connectivity index (χ4n) is 2.67. The topological polar surface area (TPSA) is 76.7 Å². The van der Waals surface area contributed by atoms with E-state index in [0.29, 0.717) is 23.6 Å². The third-order valence-electron chi connectivity index (χ3n) is 3.84. The molecule has 0 bridgehead atoms. The van der Waals surface area contributed by atoms with Crippen LogP contribution in [-0.2, 0) is 22.4 Å². The van der Waals surface area contributed by atoms with E-state index < -0.39 is 0 Å². The van der Waals surface area contributed by atoms with Crippen molar-refractivity contribution in [2.45, 2.75) is 12.8 Å². The van der Waals surface area contributed by atoms with Crippen molar-refractivity contribution in [1.29, 1.82) is 0 Å². The molecular formula is C18H18N2O4. The van der Waals surface area contributed by atoms with E-state index in [-0.39, 0.29) is 18.2 Å². The fraction of sp³-hybridized carbons (Fsp3) is 0.222. The predicted octanol–water partition coefficient (Wildman–Crippen LogP) is 2.38. The number of fused-ring (bicyclic) bond motifs is 1. The minimum Gasteiger partial charge on any atom is -0.497 e. The lowest BCUT2D eigenvalue weighted by molar-refractivity contribution is -0.116. The Bertz CT molecular complexity index is 802. The van der Waals surface area contributed by atoms with Crippen LogP contribution < -0.4 is 20.1 Å². The maximum Gasteiger partial charge on any atom is 0.228 e. The maximum absolute atomic E-state index is 12.3. The Hall–Kier alpha value is -3.02. The second kappa shape index (κ2) is 6.62. The Morgan fingerprint density at radius 2 is 2.00 bits per heavy atom. The lowest BCUT2D eigenvalue weighted by atomic mass is 10.1. The average Bonchev–Trinajstić information content (AvgIpc) is 2.94. The predicted molar refractivity (Wildman–Crippen MR) is 90.7 cm³/mol. The van der Waals surface area contributed by atoms with Crippen LogP contribution in [0.5, 0.6) is 11.5 Å². The van der Waals surface area contributed by atoms with Gasteiger partial charge in [-0.25, -0.2) is 0 Å². The van der Waals surface area contributed by atoms with Gasteiger partial charge in [-0.2, -0.15) is 0 Å². The fourth-order valence-corrected chi connectivity index (χ4v) is 2.67. The van der Waals surface area contributed by atoms with Gasteiger partial charge in [-0.1, -0.05) is 12.1 Å². The number of nitrogens with one attached hydrogen (secondary N) is 2. The number of carbonyl (C=O) groups is 2. The van der Waals surface area contributed by atoms with Crippen LogP contribution in [-0.4, -0.2) is 26.0 Å². The summed E-state index contributed by atoms with van der Waals surface area (Å²) < 4.78 is 10.4. The van der Waals surface area contributed by atoms with Crippen LogP contribution in [0.2, 0.25) is 0 Å². The summed E-state index contributed by atoms with van der Waals surface area (Å²) in [4.78, 5) is 23.7. The van der Waals surface area contributed by atoms with Crippen LogP contribution in [0.25, 0.3) is 0 Å². The van der Waals surface area contributed by atoms with Crippen molar-refractivity contribution in [2.24, 2.45) is 0 Å². The molecule has 0 saturated heterocycles. The molecule has 0 spiro atoms. The van der Waals surface area contributed by atoms with Crippen LogP contribution >= 0.6 is 0 Å². The van der Waals surface area contributed by atoms with Gasteiger partial charge in [0.2, 0.25) is 11.8 Å². The molecule has 2 aromatic carbocycles. The first-order valence-electron chi connectivity index (χ1n) is 7.52. The number of ether oxygens (including phenoxy) is 2. The van der Waals surface area contributed by atoms with Crippen molar-refractivity contribution < 1.29 is 19.1 Å². The summed E-state index contributed by atoms with van der Waals surface area (Å²) in [5.41, 5.74) is 3.19. The normalized spacial score (nSPS) is 12.3. The summed E-state index contributed by atoms with van der Waals surface area (Å²) in [6.07, 6.45) is 0.577. The first-order chi connectivity index (χ1) is 11.6. The van der Waals surface area contributed by atoms with Gasteiger partial charge in [0.1, 0.15) is 11.5 Å². The van der Waals surface area contributed by atoms with E-state index in [1.54, 1.807) is 25.3 Å². The molecule has 2 amide bonds. The van der Waals surface area contributed by atoms with Gasteiger partial charge in [0.15, 0.2) is 0 Å². The summed E-state index contributed by atoms with van der Waals surface area (Å²) in [5, 5.41) is 5.61. The second-order valence-electron chi connectivity index (χ2n) is 5.51. The van der Waals surface area contributed by atoms with E-state index in [2.05, 4.69) is 10.6 Å². The number of hydrogen-bond acceptors (Lipinski definition) is 4. The second-order valence-corrected chi connectivity index (χ2v) is 5.51. The zero-order valence-corrected chi connectivity index (χ0v) is 13.5. The van der Waals surface area contributed by atoms with Crippen LogP contribution in [0.4, 0.5) is 11.4 Å². The molecule has 124 valence electrons. The van der Waals surface area contributed by atoms with Gasteiger partial charge in [-0.3, -0.25) is 9.59 Å². The van der Waals surface area contributed by atoms with Crippen molar-refractivity contribution in [3.05, 3.63) is 47.5 Å². The van der Waals surface area contributed by atoms with Gasteiger partial charge < -0.3 is 20.1 Å². The highest BCUT2D eigenvalue weighted by Gasteiger charge is 2.18.